The van der Waals surface area contributed by atoms with Crippen LogP contribution < -0.4 is 9.64 Å². The van der Waals surface area contributed by atoms with E-state index in [-0.39, 0.29) is 28.4 Å². The predicted molar refractivity (Wildman–Crippen MR) is 109 cm³/mol. The molecule has 0 aliphatic carbocycles. The van der Waals surface area contributed by atoms with Crippen LogP contribution in [0.3, 0.4) is 0 Å². The minimum absolute atomic E-state index is 0.0423. The number of hydrogen-bond acceptors (Lipinski definition) is 4. The number of nitrogens with zero attached hydrogens (tertiary/aromatic N) is 3. The fraction of sp³-hybridized carbons (Fsp3) is 0.429. The van der Waals surface area contributed by atoms with Gasteiger partial charge in [0.1, 0.15) is 11.6 Å². The summed E-state index contributed by atoms with van der Waals surface area (Å²) in [6.07, 6.45) is -2.76. The summed E-state index contributed by atoms with van der Waals surface area (Å²) in [5.74, 6) is 0.000566. The quantitative estimate of drug-likeness (QED) is 0.534. The van der Waals surface area contributed by atoms with E-state index >= 15 is 0 Å². The predicted octanol–water partition coefficient (Wildman–Crippen LogP) is 5.23. The molecule has 174 valence electrons. The summed E-state index contributed by atoms with van der Waals surface area (Å²) in [5.41, 5.74) is -0.146. The molecule has 3 rings (SSSR count). The lowest BCUT2D eigenvalue weighted by atomic mass is 9.95. The van der Waals surface area contributed by atoms with Crippen LogP contribution in [-0.4, -0.2) is 42.5 Å². The van der Waals surface area contributed by atoms with Gasteiger partial charge in [-0.3, -0.25) is 4.79 Å². The summed E-state index contributed by atoms with van der Waals surface area (Å²) >= 11 is 6.02. The number of pyridine rings is 1. The van der Waals surface area contributed by atoms with Crippen molar-refractivity contribution in [2.75, 3.05) is 25.0 Å². The number of benzene rings is 1. The van der Waals surface area contributed by atoms with Crippen molar-refractivity contribution < 1.29 is 31.5 Å². The molecule has 1 aromatic carbocycles. The van der Waals surface area contributed by atoms with Crippen LogP contribution in [0.2, 0.25) is 5.02 Å². The highest BCUT2D eigenvalue weighted by molar-refractivity contribution is 6.33. The van der Waals surface area contributed by atoms with E-state index in [1.807, 2.05) is 0 Å². The number of piperidine rings is 1. The summed E-state index contributed by atoms with van der Waals surface area (Å²) in [6.45, 7) is -1.73. The monoisotopic (exact) mass is 477 g/mol. The van der Waals surface area contributed by atoms with Crippen LogP contribution in [0, 0.1) is 5.92 Å². The molecule has 0 atom stereocenters. The standard InChI is InChI=1S/C21H21ClF5N3O2/c1-29(12-13-2-4-16(5-3-13)32-20(23)24)19(31)14-6-8-30(9-7-14)18-17(22)10-15(11-28-18)21(25,26)27/h2-5,10-11,14,20H,6-9,12H2,1H3. The molecule has 0 N–H and O–H groups in total. The van der Waals surface area contributed by atoms with Crippen molar-refractivity contribution in [3.63, 3.8) is 0 Å². The molecule has 0 bridgehead atoms. The smallest absolute Gasteiger partial charge is 0.417 e. The van der Waals surface area contributed by atoms with Crippen LogP contribution in [0.5, 0.6) is 5.75 Å². The third kappa shape index (κ3) is 5.99. The SMILES string of the molecule is CN(Cc1ccc(OC(F)F)cc1)C(=O)C1CCN(c2ncc(C(F)(F)F)cc2Cl)CC1. The number of hydrogen-bond donors (Lipinski definition) is 0. The van der Waals surface area contributed by atoms with Crippen LogP contribution in [0.25, 0.3) is 0 Å². The van der Waals surface area contributed by atoms with E-state index in [0.717, 1.165) is 17.8 Å². The van der Waals surface area contributed by atoms with Crippen molar-refractivity contribution in [3.05, 3.63) is 52.7 Å². The minimum Gasteiger partial charge on any atom is -0.435 e. The Morgan fingerprint density at radius 2 is 1.88 bits per heavy atom. The molecular formula is C21H21ClF5N3O2. The van der Waals surface area contributed by atoms with E-state index in [1.165, 1.54) is 12.1 Å². The maximum atomic E-state index is 12.8. The maximum absolute atomic E-state index is 12.8. The lowest BCUT2D eigenvalue weighted by molar-refractivity contribution is -0.138. The molecule has 1 aromatic heterocycles. The minimum atomic E-state index is -4.52. The van der Waals surface area contributed by atoms with Gasteiger partial charge in [-0.05, 0) is 36.6 Å². The summed E-state index contributed by atoms with van der Waals surface area (Å²) < 4.78 is 67.1. The zero-order valence-corrected chi connectivity index (χ0v) is 17.8. The number of halogens is 6. The Kier molecular flexibility index (Phi) is 7.43. The molecule has 1 amide bonds. The second-order valence-electron chi connectivity index (χ2n) is 7.51. The lowest BCUT2D eigenvalue weighted by Gasteiger charge is -2.34. The molecular weight excluding hydrogens is 457 g/mol. The second-order valence-corrected chi connectivity index (χ2v) is 7.91. The van der Waals surface area contributed by atoms with Crippen molar-refractivity contribution in [2.45, 2.75) is 32.2 Å². The third-order valence-electron chi connectivity index (χ3n) is 5.24. The molecule has 5 nitrogen and oxygen atoms in total. The molecule has 2 aromatic rings. The zero-order chi connectivity index (χ0) is 23.5. The van der Waals surface area contributed by atoms with Gasteiger partial charge in [0.15, 0.2) is 0 Å². The Morgan fingerprint density at radius 3 is 2.41 bits per heavy atom. The normalized spacial score (nSPS) is 15.2. The first-order chi connectivity index (χ1) is 15.0. The summed E-state index contributed by atoms with van der Waals surface area (Å²) in [4.78, 5) is 20.0. The number of carbonyl (C=O) groups excluding carboxylic acids is 1. The van der Waals surface area contributed by atoms with Gasteiger partial charge in [-0.15, -0.1) is 0 Å². The molecule has 0 unspecified atom stereocenters. The molecule has 11 heteroatoms. The van der Waals surface area contributed by atoms with Crippen molar-refractivity contribution in [1.29, 1.82) is 0 Å². The lowest BCUT2D eigenvalue weighted by Crippen LogP contribution is -2.41. The van der Waals surface area contributed by atoms with E-state index in [4.69, 9.17) is 11.6 Å². The second kappa shape index (κ2) is 9.89. The Labute approximate surface area is 186 Å². The van der Waals surface area contributed by atoms with Crippen molar-refractivity contribution in [3.8, 4) is 5.75 Å². The average Bonchev–Trinajstić information content (AvgIpc) is 2.73. The zero-order valence-electron chi connectivity index (χ0n) is 17.1. The van der Waals surface area contributed by atoms with Gasteiger partial charge >= 0.3 is 12.8 Å². The topological polar surface area (TPSA) is 45.7 Å². The van der Waals surface area contributed by atoms with E-state index < -0.39 is 18.4 Å². The third-order valence-corrected chi connectivity index (χ3v) is 5.52. The van der Waals surface area contributed by atoms with Crippen LogP contribution in [0.4, 0.5) is 27.8 Å². The summed E-state index contributed by atoms with van der Waals surface area (Å²) in [5, 5.41) is -0.0824. The largest absolute Gasteiger partial charge is 0.435 e. The molecule has 1 saturated heterocycles. The number of rotatable bonds is 6. The van der Waals surface area contributed by atoms with E-state index in [1.54, 1.807) is 29.0 Å². The average molecular weight is 478 g/mol. The molecule has 32 heavy (non-hydrogen) atoms. The van der Waals surface area contributed by atoms with Crippen molar-refractivity contribution in [1.82, 2.24) is 9.88 Å². The highest BCUT2D eigenvalue weighted by atomic mass is 35.5. The highest BCUT2D eigenvalue weighted by Gasteiger charge is 2.33. The van der Waals surface area contributed by atoms with E-state index in [9.17, 15) is 26.7 Å². The molecule has 1 fully saturated rings. The molecule has 0 spiro atoms. The molecule has 0 saturated carbocycles. The first-order valence-corrected chi connectivity index (χ1v) is 10.2. The Balaban J connectivity index is 1.55. The van der Waals surface area contributed by atoms with E-state index in [2.05, 4.69) is 9.72 Å². The van der Waals surface area contributed by atoms with Crippen molar-refractivity contribution in [2.24, 2.45) is 5.92 Å². The van der Waals surface area contributed by atoms with Crippen LogP contribution >= 0.6 is 11.6 Å². The number of anilines is 1. The Bertz CT molecular complexity index is 932. The number of ether oxygens (including phenoxy) is 1. The van der Waals surface area contributed by atoms with Gasteiger partial charge in [-0.25, -0.2) is 4.98 Å². The highest BCUT2D eigenvalue weighted by Crippen LogP contribution is 2.34. The first-order valence-electron chi connectivity index (χ1n) is 9.81. The van der Waals surface area contributed by atoms with Crippen molar-refractivity contribution >= 4 is 23.3 Å². The van der Waals surface area contributed by atoms with Gasteiger partial charge in [0.05, 0.1) is 10.6 Å². The fourth-order valence-corrected chi connectivity index (χ4v) is 3.88. The van der Waals surface area contributed by atoms with Gasteiger partial charge in [0, 0.05) is 38.8 Å². The molecule has 1 aliphatic heterocycles. The van der Waals surface area contributed by atoms with Crippen LogP contribution in [-0.2, 0) is 17.5 Å². The summed E-state index contributed by atoms with van der Waals surface area (Å²) in [7, 11) is 1.66. The number of alkyl halides is 5. The Hall–Kier alpha value is -2.62. The van der Waals surface area contributed by atoms with Gasteiger partial charge in [-0.1, -0.05) is 23.7 Å². The summed E-state index contributed by atoms with van der Waals surface area (Å²) in [6, 6.07) is 6.91. The molecule has 1 aliphatic rings. The van der Waals surface area contributed by atoms with E-state index in [0.29, 0.717) is 32.5 Å². The fourth-order valence-electron chi connectivity index (χ4n) is 3.60. The number of aromatic nitrogens is 1. The van der Waals surface area contributed by atoms with Crippen LogP contribution in [0.15, 0.2) is 36.5 Å². The Morgan fingerprint density at radius 1 is 1.25 bits per heavy atom. The van der Waals surface area contributed by atoms with Gasteiger partial charge in [0.2, 0.25) is 5.91 Å². The van der Waals surface area contributed by atoms with Gasteiger partial charge in [0.25, 0.3) is 0 Å². The number of carbonyl (C=O) groups is 1. The first kappa shape index (κ1) is 24.0. The number of amides is 1. The van der Waals surface area contributed by atoms with Gasteiger partial charge in [-0.2, -0.15) is 22.0 Å². The molecule has 0 radical (unpaired) electrons. The van der Waals surface area contributed by atoms with Crippen LogP contribution in [0.1, 0.15) is 24.0 Å². The van der Waals surface area contributed by atoms with Gasteiger partial charge < -0.3 is 14.5 Å². The maximum Gasteiger partial charge on any atom is 0.417 e. The molecule has 2 heterocycles.